The Morgan fingerprint density at radius 1 is 1.32 bits per heavy atom. The summed E-state index contributed by atoms with van der Waals surface area (Å²) in [5.74, 6) is 1.19. The molecule has 0 fully saturated rings. The topological polar surface area (TPSA) is 54.6 Å². The number of aryl methyl sites for hydroxylation is 1. The summed E-state index contributed by atoms with van der Waals surface area (Å²) in [4.78, 5) is 11.9. The largest absolute Gasteiger partial charge is 0.460 e. The normalized spacial score (nSPS) is 11.4. The molecule has 0 saturated heterocycles. The van der Waals surface area contributed by atoms with E-state index in [1.807, 2.05) is 25.1 Å². The average molecular weight is 321 g/mol. The highest BCUT2D eigenvalue weighted by atomic mass is 79.9. The highest BCUT2D eigenvalue weighted by Crippen LogP contribution is 2.11. The molecule has 98 valence electrons. The lowest BCUT2D eigenvalue weighted by molar-refractivity contribution is 0.0954. The molecule has 1 aromatic heterocycles. The molecule has 0 aliphatic rings. The van der Waals surface area contributed by atoms with Crippen LogP contribution in [0.1, 0.15) is 28.8 Å². The van der Waals surface area contributed by atoms with E-state index < -0.39 is 0 Å². The Kier molecular flexibility index (Phi) is 4.16. The monoisotopic (exact) mass is 320 g/mol. The molecule has 0 radical (unpaired) electrons. The lowest BCUT2D eigenvalue weighted by Gasteiger charge is -2.01. The van der Waals surface area contributed by atoms with Crippen LogP contribution in [-0.2, 0) is 0 Å². The zero-order valence-corrected chi connectivity index (χ0v) is 12.2. The number of furan rings is 1. The molecule has 0 bridgehead atoms. The molecular formula is C14H13BrN2O2. The van der Waals surface area contributed by atoms with Crippen LogP contribution in [0.4, 0.5) is 0 Å². The molecule has 1 aromatic carbocycles. The minimum absolute atomic E-state index is 0.260. The zero-order valence-electron chi connectivity index (χ0n) is 10.6. The van der Waals surface area contributed by atoms with Gasteiger partial charge in [-0.3, -0.25) is 4.79 Å². The first-order chi connectivity index (χ1) is 9.06. The van der Waals surface area contributed by atoms with Gasteiger partial charge in [-0.1, -0.05) is 22.0 Å². The summed E-state index contributed by atoms with van der Waals surface area (Å²) < 4.78 is 6.26. The second-order valence-electron chi connectivity index (χ2n) is 4.06. The van der Waals surface area contributed by atoms with Gasteiger partial charge in [-0.2, -0.15) is 5.10 Å². The lowest BCUT2D eigenvalue weighted by atomic mass is 10.2. The number of hydrazone groups is 1. The van der Waals surface area contributed by atoms with Crippen molar-refractivity contribution in [3.8, 4) is 0 Å². The number of carbonyl (C=O) groups excluding carboxylic acids is 1. The van der Waals surface area contributed by atoms with Gasteiger partial charge in [-0.05, 0) is 44.2 Å². The molecule has 0 spiro atoms. The molecule has 0 unspecified atom stereocenters. The fraction of sp³-hybridized carbons (Fsp3) is 0.143. The average Bonchev–Trinajstić information content (AvgIpc) is 2.82. The van der Waals surface area contributed by atoms with Gasteiger partial charge in [-0.25, -0.2) is 5.43 Å². The second kappa shape index (κ2) is 5.84. The maximum absolute atomic E-state index is 11.9. The van der Waals surface area contributed by atoms with Crippen LogP contribution in [0.5, 0.6) is 0 Å². The van der Waals surface area contributed by atoms with E-state index in [1.165, 1.54) is 0 Å². The lowest BCUT2D eigenvalue weighted by Crippen LogP contribution is -2.19. The molecule has 0 aliphatic carbocycles. The zero-order chi connectivity index (χ0) is 13.8. The van der Waals surface area contributed by atoms with Crippen LogP contribution in [0.15, 0.2) is 50.4 Å². The summed E-state index contributed by atoms with van der Waals surface area (Å²) in [6.07, 6.45) is 0. The minimum atomic E-state index is -0.260. The Morgan fingerprint density at radius 2 is 2.11 bits per heavy atom. The summed E-state index contributed by atoms with van der Waals surface area (Å²) in [5.41, 5.74) is 3.67. The van der Waals surface area contributed by atoms with Crippen molar-refractivity contribution in [3.05, 3.63) is 58.0 Å². The van der Waals surface area contributed by atoms with Crippen LogP contribution >= 0.6 is 15.9 Å². The first kappa shape index (κ1) is 13.5. The predicted octanol–water partition coefficient (Wildman–Crippen LogP) is 3.50. The number of hydrogen-bond acceptors (Lipinski definition) is 3. The standard InChI is InChI=1S/C14H13BrN2O2/c1-9-6-7-13(19-9)10(2)16-17-14(18)11-4-3-5-12(15)8-11/h3-8H,1-2H3,(H,17,18). The molecular weight excluding hydrogens is 308 g/mol. The molecule has 0 aliphatic heterocycles. The molecule has 5 heteroatoms. The van der Waals surface area contributed by atoms with E-state index in [-0.39, 0.29) is 5.91 Å². The maximum atomic E-state index is 11.9. The number of nitrogens with zero attached hydrogens (tertiary/aromatic N) is 1. The number of rotatable bonds is 3. The SMILES string of the molecule is CC(=NNC(=O)c1cccc(Br)c1)c1ccc(C)o1. The molecule has 1 heterocycles. The summed E-state index contributed by atoms with van der Waals surface area (Å²) in [6, 6.07) is 10.8. The number of nitrogens with one attached hydrogen (secondary N) is 1. The maximum Gasteiger partial charge on any atom is 0.271 e. The summed E-state index contributed by atoms with van der Waals surface area (Å²) >= 11 is 3.32. The Bertz CT molecular complexity index is 632. The third kappa shape index (κ3) is 3.54. The highest BCUT2D eigenvalue weighted by molar-refractivity contribution is 9.10. The van der Waals surface area contributed by atoms with E-state index in [2.05, 4.69) is 26.5 Å². The van der Waals surface area contributed by atoms with Crippen LogP contribution < -0.4 is 5.43 Å². The van der Waals surface area contributed by atoms with E-state index in [4.69, 9.17) is 4.42 Å². The first-order valence-corrected chi connectivity index (χ1v) is 6.52. The molecule has 1 N–H and O–H groups in total. The van der Waals surface area contributed by atoms with Gasteiger partial charge in [0, 0.05) is 10.0 Å². The van der Waals surface area contributed by atoms with Crippen LogP contribution in [0.25, 0.3) is 0 Å². The number of amides is 1. The van der Waals surface area contributed by atoms with Crippen molar-refractivity contribution in [2.45, 2.75) is 13.8 Å². The Labute approximate surface area is 119 Å². The summed E-state index contributed by atoms with van der Waals surface area (Å²) in [5, 5.41) is 4.02. The van der Waals surface area contributed by atoms with Crippen molar-refractivity contribution < 1.29 is 9.21 Å². The van der Waals surface area contributed by atoms with Gasteiger partial charge >= 0.3 is 0 Å². The Hall–Kier alpha value is -1.88. The molecule has 2 aromatic rings. The Morgan fingerprint density at radius 3 is 2.74 bits per heavy atom. The number of benzene rings is 1. The first-order valence-electron chi connectivity index (χ1n) is 5.73. The van der Waals surface area contributed by atoms with Crippen molar-refractivity contribution >= 4 is 27.5 Å². The Balaban J connectivity index is 2.07. The van der Waals surface area contributed by atoms with E-state index in [0.717, 1.165) is 10.2 Å². The van der Waals surface area contributed by atoms with Crippen LogP contribution in [0, 0.1) is 6.92 Å². The van der Waals surface area contributed by atoms with E-state index in [0.29, 0.717) is 17.0 Å². The van der Waals surface area contributed by atoms with Crippen molar-refractivity contribution in [3.63, 3.8) is 0 Å². The molecule has 0 saturated carbocycles. The fourth-order valence-electron chi connectivity index (χ4n) is 1.51. The number of halogens is 1. The minimum Gasteiger partial charge on any atom is -0.460 e. The third-order valence-electron chi connectivity index (χ3n) is 2.51. The van der Waals surface area contributed by atoms with Crippen molar-refractivity contribution in [1.29, 1.82) is 0 Å². The van der Waals surface area contributed by atoms with Crippen LogP contribution in [0.3, 0.4) is 0 Å². The van der Waals surface area contributed by atoms with Gasteiger partial charge < -0.3 is 4.42 Å². The van der Waals surface area contributed by atoms with Crippen LogP contribution in [0.2, 0.25) is 0 Å². The van der Waals surface area contributed by atoms with Gasteiger partial charge in [0.15, 0.2) is 0 Å². The summed E-state index contributed by atoms with van der Waals surface area (Å²) in [7, 11) is 0. The molecule has 0 atom stereocenters. The molecule has 4 nitrogen and oxygen atoms in total. The van der Waals surface area contributed by atoms with E-state index in [9.17, 15) is 4.79 Å². The molecule has 19 heavy (non-hydrogen) atoms. The molecule has 2 rings (SSSR count). The van der Waals surface area contributed by atoms with Gasteiger partial charge in [0.25, 0.3) is 5.91 Å². The van der Waals surface area contributed by atoms with Gasteiger partial charge in [0.05, 0.1) is 0 Å². The van der Waals surface area contributed by atoms with Crippen molar-refractivity contribution in [2.24, 2.45) is 5.10 Å². The summed E-state index contributed by atoms with van der Waals surface area (Å²) in [6.45, 7) is 3.64. The molecule has 1 amide bonds. The third-order valence-corrected chi connectivity index (χ3v) is 3.00. The number of hydrogen-bond donors (Lipinski definition) is 1. The van der Waals surface area contributed by atoms with Crippen molar-refractivity contribution in [1.82, 2.24) is 5.43 Å². The fourth-order valence-corrected chi connectivity index (χ4v) is 1.91. The number of carbonyl (C=O) groups is 1. The second-order valence-corrected chi connectivity index (χ2v) is 4.97. The van der Waals surface area contributed by atoms with Gasteiger partial charge in [0.1, 0.15) is 17.2 Å². The highest BCUT2D eigenvalue weighted by Gasteiger charge is 2.06. The smallest absolute Gasteiger partial charge is 0.271 e. The van der Waals surface area contributed by atoms with Gasteiger partial charge in [0.2, 0.25) is 0 Å². The quantitative estimate of drug-likeness (QED) is 0.695. The van der Waals surface area contributed by atoms with E-state index >= 15 is 0 Å². The van der Waals surface area contributed by atoms with E-state index in [1.54, 1.807) is 25.1 Å². The predicted molar refractivity (Wildman–Crippen MR) is 77.3 cm³/mol. The van der Waals surface area contributed by atoms with Crippen LogP contribution in [-0.4, -0.2) is 11.6 Å². The van der Waals surface area contributed by atoms with Gasteiger partial charge in [-0.15, -0.1) is 0 Å². The van der Waals surface area contributed by atoms with Crippen molar-refractivity contribution in [2.75, 3.05) is 0 Å².